The van der Waals surface area contributed by atoms with Gasteiger partial charge in [0.05, 0.1) is 19.6 Å². The van der Waals surface area contributed by atoms with Crippen LogP contribution in [-0.2, 0) is 16.6 Å². The second-order valence-corrected chi connectivity index (χ2v) is 7.43. The van der Waals surface area contributed by atoms with E-state index in [9.17, 15) is 9.59 Å². The van der Waals surface area contributed by atoms with Crippen LogP contribution >= 0.6 is 0 Å². The number of imidazole rings is 1. The lowest BCUT2D eigenvalue weighted by molar-refractivity contribution is -0.125. The van der Waals surface area contributed by atoms with Gasteiger partial charge >= 0.3 is 0 Å². The lowest BCUT2D eigenvalue weighted by Gasteiger charge is -2.23. The molecule has 1 N–H and O–H groups in total. The summed E-state index contributed by atoms with van der Waals surface area (Å²) in [5, 5.41) is 12.0. The van der Waals surface area contributed by atoms with Crippen molar-refractivity contribution in [1.82, 2.24) is 14.9 Å². The minimum Gasteiger partial charge on any atom is -0.496 e. The monoisotopic (exact) mass is 445 g/mol. The largest absolute Gasteiger partial charge is 0.496 e. The van der Waals surface area contributed by atoms with Crippen LogP contribution in [0.25, 0.3) is 0 Å². The average molecular weight is 446 g/mol. The van der Waals surface area contributed by atoms with Gasteiger partial charge in [0.1, 0.15) is 17.6 Å². The number of nitrogens with zero attached hydrogens (tertiary/aromatic N) is 4. The summed E-state index contributed by atoms with van der Waals surface area (Å²) in [5.41, 5.74) is 1.48. The van der Waals surface area contributed by atoms with Gasteiger partial charge in [-0.3, -0.25) is 9.59 Å². The molecule has 0 bridgehead atoms. The van der Waals surface area contributed by atoms with Crippen molar-refractivity contribution >= 4 is 17.5 Å². The predicted octanol–water partition coefficient (Wildman–Crippen LogP) is 3.36. The number of aryl methyl sites for hydroxylation is 1. The number of benzene rings is 2. The number of para-hydroxylation sites is 2. The molecule has 0 aliphatic heterocycles. The zero-order chi connectivity index (χ0) is 23.6. The maximum Gasteiger partial charge on any atom is 0.227 e. The Morgan fingerprint density at radius 1 is 1.15 bits per heavy atom. The molecular formula is C25H27N5O3. The van der Waals surface area contributed by atoms with E-state index in [4.69, 9.17) is 10.00 Å². The molecule has 2 aromatic carbocycles. The topological polar surface area (TPSA) is 100 Å². The van der Waals surface area contributed by atoms with Gasteiger partial charge in [0.15, 0.2) is 0 Å². The molecule has 1 unspecified atom stereocenters. The van der Waals surface area contributed by atoms with Crippen LogP contribution in [0.1, 0.15) is 36.7 Å². The molecule has 3 aromatic rings. The van der Waals surface area contributed by atoms with Gasteiger partial charge in [0.2, 0.25) is 11.8 Å². The third kappa shape index (κ3) is 5.98. The summed E-state index contributed by atoms with van der Waals surface area (Å²) < 4.78 is 7.32. The molecule has 3 rings (SSSR count). The van der Waals surface area contributed by atoms with Gasteiger partial charge < -0.3 is 19.5 Å². The summed E-state index contributed by atoms with van der Waals surface area (Å²) in [6.07, 6.45) is 3.71. The van der Waals surface area contributed by atoms with Gasteiger partial charge in [-0.2, -0.15) is 5.26 Å². The van der Waals surface area contributed by atoms with Crippen LogP contribution < -0.4 is 15.0 Å². The first-order valence-corrected chi connectivity index (χ1v) is 10.7. The predicted molar refractivity (Wildman–Crippen MR) is 124 cm³/mol. The summed E-state index contributed by atoms with van der Waals surface area (Å²) in [4.78, 5) is 31.7. The Labute approximate surface area is 193 Å². The van der Waals surface area contributed by atoms with Crippen molar-refractivity contribution in [2.45, 2.75) is 25.3 Å². The van der Waals surface area contributed by atoms with Crippen molar-refractivity contribution in [1.29, 1.82) is 5.26 Å². The van der Waals surface area contributed by atoms with E-state index in [1.54, 1.807) is 24.4 Å². The number of rotatable bonds is 10. The number of ether oxygens (including phenoxy) is 1. The third-order valence-electron chi connectivity index (χ3n) is 5.25. The lowest BCUT2D eigenvalue weighted by atomic mass is 10.0. The molecule has 0 radical (unpaired) electrons. The van der Waals surface area contributed by atoms with Crippen molar-refractivity contribution in [3.8, 4) is 11.8 Å². The van der Waals surface area contributed by atoms with Crippen LogP contribution in [0.3, 0.4) is 0 Å². The minimum atomic E-state index is -0.535. The molecule has 0 saturated carbocycles. The molecule has 0 aliphatic carbocycles. The van der Waals surface area contributed by atoms with Gasteiger partial charge in [0.25, 0.3) is 0 Å². The van der Waals surface area contributed by atoms with Crippen LogP contribution in [0.4, 0.5) is 5.69 Å². The van der Waals surface area contributed by atoms with E-state index in [0.717, 1.165) is 5.56 Å². The maximum atomic E-state index is 12.9. The number of methoxy groups -OCH3 is 1. The zero-order valence-corrected chi connectivity index (χ0v) is 18.8. The van der Waals surface area contributed by atoms with E-state index in [1.807, 2.05) is 66.2 Å². The average Bonchev–Trinajstić information content (AvgIpc) is 3.27. The Kier molecular flexibility index (Phi) is 8.19. The molecule has 0 spiro atoms. The van der Waals surface area contributed by atoms with Crippen molar-refractivity contribution < 1.29 is 14.3 Å². The molecule has 0 fully saturated rings. The molecule has 33 heavy (non-hydrogen) atoms. The highest BCUT2D eigenvalue weighted by Crippen LogP contribution is 2.29. The van der Waals surface area contributed by atoms with E-state index < -0.39 is 6.04 Å². The van der Waals surface area contributed by atoms with Gasteiger partial charge in [-0.15, -0.1) is 0 Å². The number of hydrogen-bond acceptors (Lipinski definition) is 5. The van der Waals surface area contributed by atoms with Crippen molar-refractivity contribution in [2.24, 2.45) is 7.05 Å². The van der Waals surface area contributed by atoms with Crippen LogP contribution in [0, 0.1) is 11.3 Å². The molecular weight excluding hydrogens is 418 g/mol. The van der Waals surface area contributed by atoms with Gasteiger partial charge in [-0.05, 0) is 18.2 Å². The molecule has 8 heteroatoms. The number of carbonyl (C=O) groups excluding carboxylic acids is 2. The third-order valence-corrected chi connectivity index (χ3v) is 5.25. The first-order chi connectivity index (χ1) is 16.0. The Hall–Kier alpha value is -4.12. The summed E-state index contributed by atoms with van der Waals surface area (Å²) in [5.74, 6) is 0.792. The fourth-order valence-corrected chi connectivity index (χ4v) is 3.60. The summed E-state index contributed by atoms with van der Waals surface area (Å²) in [6, 6.07) is 18.1. The van der Waals surface area contributed by atoms with Crippen LogP contribution in [0.15, 0.2) is 67.0 Å². The Morgan fingerprint density at radius 3 is 2.55 bits per heavy atom. The molecule has 8 nitrogen and oxygen atoms in total. The van der Waals surface area contributed by atoms with E-state index in [-0.39, 0.29) is 37.6 Å². The number of nitrogens with one attached hydrogen (secondary N) is 1. The molecule has 170 valence electrons. The summed E-state index contributed by atoms with van der Waals surface area (Å²) in [7, 11) is 3.43. The van der Waals surface area contributed by atoms with E-state index in [1.165, 1.54) is 0 Å². The van der Waals surface area contributed by atoms with Gasteiger partial charge in [0, 0.05) is 50.1 Å². The first-order valence-electron chi connectivity index (χ1n) is 10.7. The highest BCUT2D eigenvalue weighted by Gasteiger charge is 2.24. The maximum absolute atomic E-state index is 12.9. The standard InChI is InChI=1S/C25H27N5O3/c1-29-18-16-27-25(29)24(20-11-6-7-12-21(20)33-2)28-22(31)13-14-23(32)30(17-8-15-26)19-9-4-3-5-10-19/h3-7,9-12,16,18,24H,8,13-14,17H2,1-2H3,(H,28,31). The van der Waals surface area contributed by atoms with Crippen LogP contribution in [0.5, 0.6) is 5.75 Å². The zero-order valence-electron chi connectivity index (χ0n) is 18.8. The first kappa shape index (κ1) is 23.5. The molecule has 2 amide bonds. The summed E-state index contributed by atoms with van der Waals surface area (Å²) >= 11 is 0. The number of nitriles is 1. The SMILES string of the molecule is COc1ccccc1C(NC(=O)CCC(=O)N(CCC#N)c1ccccc1)c1nccn1C. The van der Waals surface area contributed by atoms with E-state index >= 15 is 0 Å². The quantitative estimate of drug-likeness (QED) is 0.516. The minimum absolute atomic E-state index is 0.00475. The fourth-order valence-electron chi connectivity index (χ4n) is 3.60. The molecule has 0 aliphatic rings. The second kappa shape index (κ2) is 11.5. The highest BCUT2D eigenvalue weighted by molar-refractivity contribution is 5.95. The van der Waals surface area contributed by atoms with Crippen molar-refractivity contribution in [3.05, 3.63) is 78.4 Å². The van der Waals surface area contributed by atoms with Crippen LogP contribution in [0.2, 0.25) is 0 Å². The molecule has 1 heterocycles. The highest BCUT2D eigenvalue weighted by atomic mass is 16.5. The number of carbonyl (C=O) groups is 2. The van der Waals surface area contributed by atoms with Crippen molar-refractivity contribution in [2.75, 3.05) is 18.6 Å². The van der Waals surface area contributed by atoms with Crippen molar-refractivity contribution in [3.63, 3.8) is 0 Å². The molecule has 1 aromatic heterocycles. The van der Waals surface area contributed by atoms with Crippen LogP contribution in [-0.4, -0.2) is 35.0 Å². The number of aromatic nitrogens is 2. The lowest BCUT2D eigenvalue weighted by Crippen LogP contribution is -2.35. The second-order valence-electron chi connectivity index (χ2n) is 7.43. The van der Waals surface area contributed by atoms with Gasteiger partial charge in [-0.25, -0.2) is 4.98 Å². The number of hydrogen-bond donors (Lipinski definition) is 1. The van der Waals surface area contributed by atoms with E-state index in [0.29, 0.717) is 17.3 Å². The van der Waals surface area contributed by atoms with Gasteiger partial charge in [-0.1, -0.05) is 36.4 Å². The normalized spacial score (nSPS) is 11.3. The Bertz CT molecular complexity index is 1120. The fraction of sp³-hybridized carbons (Fsp3) is 0.280. The summed E-state index contributed by atoms with van der Waals surface area (Å²) in [6.45, 7) is 0.276. The Balaban J connectivity index is 1.73. The molecule has 1 atom stereocenters. The van der Waals surface area contributed by atoms with E-state index in [2.05, 4.69) is 16.4 Å². The molecule has 0 saturated heterocycles. The Morgan fingerprint density at radius 2 is 1.88 bits per heavy atom. The smallest absolute Gasteiger partial charge is 0.227 e. The number of anilines is 1. The number of amides is 2.